The summed E-state index contributed by atoms with van der Waals surface area (Å²) >= 11 is 0. The van der Waals surface area contributed by atoms with Crippen molar-refractivity contribution < 1.29 is 5.11 Å². The van der Waals surface area contributed by atoms with Crippen molar-refractivity contribution in [2.75, 3.05) is 0 Å². The van der Waals surface area contributed by atoms with E-state index in [2.05, 4.69) is 6.08 Å². The first-order chi connectivity index (χ1) is 6.34. The third kappa shape index (κ3) is 2.66. The van der Waals surface area contributed by atoms with E-state index in [1.807, 2.05) is 12.1 Å². The summed E-state index contributed by atoms with van der Waals surface area (Å²) in [6.45, 7) is 0. The lowest BCUT2D eigenvalue weighted by molar-refractivity contribution is 0.475. The van der Waals surface area contributed by atoms with E-state index in [4.69, 9.17) is 5.11 Å². The van der Waals surface area contributed by atoms with Gasteiger partial charge < -0.3 is 5.11 Å². The van der Waals surface area contributed by atoms with Crippen LogP contribution in [-0.4, -0.2) is 13.5 Å². The molecule has 1 saturated carbocycles. The minimum atomic E-state index is 0. The van der Waals surface area contributed by atoms with Gasteiger partial charge in [0.15, 0.2) is 0 Å². The number of allylic oxidation sites excluding steroid dienone is 1. The fraction of sp³-hybridized carbons (Fsp3) is 0.333. The Morgan fingerprint density at radius 1 is 1.00 bits per heavy atom. The molecule has 1 fully saturated rings. The Labute approximate surface area is 87.0 Å². The first-order valence-electron chi connectivity index (χ1n) is 4.83. The van der Waals surface area contributed by atoms with Gasteiger partial charge in [0.2, 0.25) is 0 Å². The molecule has 3 radical (unpaired) electrons. The molecule has 71 valence electrons. The molecule has 1 aromatic rings. The second-order valence-corrected chi connectivity index (χ2v) is 3.60. The molecule has 0 amide bonds. The zero-order valence-electron chi connectivity index (χ0n) is 8.24. The molecule has 0 bridgehead atoms. The summed E-state index contributed by atoms with van der Waals surface area (Å²) in [5, 5.41) is 9.10. The standard InChI is InChI=1S/C12H14O.B/c13-12-7-5-11(6-8-12)9-10-3-1-2-4-10;/h5-9,13H,1-4H2;. The van der Waals surface area contributed by atoms with E-state index in [1.165, 1.54) is 31.2 Å². The smallest absolute Gasteiger partial charge is 0.115 e. The Bertz CT molecular complexity index is 306. The van der Waals surface area contributed by atoms with Crippen molar-refractivity contribution in [3.63, 3.8) is 0 Å². The van der Waals surface area contributed by atoms with Crippen LogP contribution in [0.25, 0.3) is 6.08 Å². The van der Waals surface area contributed by atoms with Gasteiger partial charge in [0.05, 0.1) is 0 Å². The van der Waals surface area contributed by atoms with E-state index in [-0.39, 0.29) is 8.41 Å². The van der Waals surface area contributed by atoms with Crippen molar-refractivity contribution in [3.05, 3.63) is 35.4 Å². The number of benzene rings is 1. The van der Waals surface area contributed by atoms with Crippen molar-refractivity contribution in [1.29, 1.82) is 0 Å². The Balaban J connectivity index is 0.000000980. The molecule has 1 N–H and O–H groups in total. The topological polar surface area (TPSA) is 20.2 Å². The third-order valence-electron chi connectivity index (χ3n) is 2.51. The van der Waals surface area contributed by atoms with Gasteiger partial charge in [-0.2, -0.15) is 0 Å². The fourth-order valence-electron chi connectivity index (χ4n) is 1.78. The summed E-state index contributed by atoms with van der Waals surface area (Å²) < 4.78 is 0. The molecule has 1 aromatic carbocycles. The van der Waals surface area contributed by atoms with E-state index < -0.39 is 0 Å². The predicted octanol–water partition coefficient (Wildman–Crippen LogP) is 2.97. The average molecular weight is 185 g/mol. The van der Waals surface area contributed by atoms with Gasteiger partial charge in [-0.15, -0.1) is 0 Å². The van der Waals surface area contributed by atoms with Gasteiger partial charge in [-0.05, 0) is 43.4 Å². The van der Waals surface area contributed by atoms with Gasteiger partial charge >= 0.3 is 0 Å². The maximum atomic E-state index is 9.10. The molecule has 0 heterocycles. The zero-order chi connectivity index (χ0) is 9.10. The highest BCUT2D eigenvalue weighted by Crippen LogP contribution is 2.26. The van der Waals surface area contributed by atoms with Gasteiger partial charge in [0.1, 0.15) is 5.75 Å². The van der Waals surface area contributed by atoms with Gasteiger partial charge in [0, 0.05) is 8.41 Å². The molecule has 0 aliphatic heterocycles. The number of phenolic OH excluding ortho intramolecular Hbond substituents is 1. The van der Waals surface area contributed by atoms with E-state index in [1.54, 1.807) is 17.7 Å². The fourth-order valence-corrected chi connectivity index (χ4v) is 1.78. The summed E-state index contributed by atoms with van der Waals surface area (Å²) in [4.78, 5) is 0. The highest BCUT2D eigenvalue weighted by molar-refractivity contribution is 5.75. The van der Waals surface area contributed by atoms with E-state index in [0.29, 0.717) is 5.75 Å². The second kappa shape index (κ2) is 4.89. The van der Waals surface area contributed by atoms with Crippen LogP contribution in [0.5, 0.6) is 5.75 Å². The summed E-state index contributed by atoms with van der Waals surface area (Å²) in [7, 11) is 0. The number of hydrogen-bond acceptors (Lipinski definition) is 1. The molecular weight excluding hydrogens is 171 g/mol. The van der Waals surface area contributed by atoms with Crippen LogP contribution >= 0.6 is 0 Å². The SMILES string of the molecule is Oc1ccc(C=C2CCCC2)cc1.[B]. The zero-order valence-corrected chi connectivity index (χ0v) is 8.24. The predicted molar refractivity (Wildman–Crippen MR) is 60.3 cm³/mol. The van der Waals surface area contributed by atoms with Crippen LogP contribution in [-0.2, 0) is 0 Å². The monoisotopic (exact) mass is 185 g/mol. The molecule has 0 spiro atoms. The Hall–Kier alpha value is -1.18. The lowest BCUT2D eigenvalue weighted by Gasteiger charge is -1.97. The normalized spacial score (nSPS) is 15.0. The average Bonchev–Trinajstić information content (AvgIpc) is 2.62. The minimum Gasteiger partial charge on any atom is -0.508 e. The Morgan fingerprint density at radius 2 is 1.57 bits per heavy atom. The van der Waals surface area contributed by atoms with E-state index in [9.17, 15) is 0 Å². The van der Waals surface area contributed by atoms with Crippen LogP contribution in [0.1, 0.15) is 31.2 Å². The van der Waals surface area contributed by atoms with Gasteiger partial charge in [-0.25, -0.2) is 0 Å². The second-order valence-electron chi connectivity index (χ2n) is 3.60. The van der Waals surface area contributed by atoms with E-state index in [0.717, 1.165) is 0 Å². The summed E-state index contributed by atoms with van der Waals surface area (Å²) in [6, 6.07) is 7.39. The molecule has 0 atom stereocenters. The number of phenols is 1. The molecule has 0 saturated heterocycles. The van der Waals surface area contributed by atoms with Gasteiger partial charge in [-0.1, -0.05) is 23.8 Å². The lowest BCUT2D eigenvalue weighted by atomic mass is 10.1. The summed E-state index contributed by atoms with van der Waals surface area (Å²) in [5.74, 6) is 0.341. The van der Waals surface area contributed by atoms with Gasteiger partial charge in [-0.3, -0.25) is 0 Å². The van der Waals surface area contributed by atoms with Crippen LogP contribution in [0.4, 0.5) is 0 Å². The van der Waals surface area contributed by atoms with Crippen molar-refractivity contribution in [2.45, 2.75) is 25.7 Å². The van der Waals surface area contributed by atoms with Crippen LogP contribution in [0.15, 0.2) is 29.8 Å². The quantitative estimate of drug-likeness (QED) is 0.666. The molecule has 0 aromatic heterocycles. The molecular formula is C12H14BO. The molecule has 1 aliphatic rings. The molecule has 2 heteroatoms. The largest absolute Gasteiger partial charge is 0.508 e. The van der Waals surface area contributed by atoms with Crippen molar-refractivity contribution in [1.82, 2.24) is 0 Å². The maximum absolute atomic E-state index is 9.10. The van der Waals surface area contributed by atoms with Crippen molar-refractivity contribution in [3.8, 4) is 5.75 Å². The van der Waals surface area contributed by atoms with Crippen LogP contribution in [0, 0.1) is 0 Å². The highest BCUT2D eigenvalue weighted by atomic mass is 16.3. The number of rotatable bonds is 1. The molecule has 14 heavy (non-hydrogen) atoms. The maximum Gasteiger partial charge on any atom is 0.115 e. The highest BCUT2D eigenvalue weighted by Gasteiger charge is 2.05. The number of hydrogen-bond donors (Lipinski definition) is 1. The third-order valence-corrected chi connectivity index (χ3v) is 2.51. The lowest BCUT2D eigenvalue weighted by Crippen LogP contribution is -1.75. The molecule has 1 aliphatic carbocycles. The number of aromatic hydroxyl groups is 1. The van der Waals surface area contributed by atoms with Gasteiger partial charge in [0.25, 0.3) is 0 Å². The van der Waals surface area contributed by atoms with Crippen molar-refractivity contribution >= 4 is 14.5 Å². The first-order valence-corrected chi connectivity index (χ1v) is 4.83. The first kappa shape index (κ1) is 10.9. The molecule has 2 rings (SSSR count). The molecule has 1 nitrogen and oxygen atoms in total. The summed E-state index contributed by atoms with van der Waals surface area (Å²) in [6.07, 6.45) is 7.42. The van der Waals surface area contributed by atoms with Crippen LogP contribution in [0.3, 0.4) is 0 Å². The van der Waals surface area contributed by atoms with E-state index >= 15 is 0 Å². The Kier molecular flexibility index (Phi) is 3.81. The minimum absolute atomic E-state index is 0. The van der Waals surface area contributed by atoms with Crippen molar-refractivity contribution in [2.24, 2.45) is 0 Å². The Morgan fingerprint density at radius 3 is 2.14 bits per heavy atom. The molecule has 0 unspecified atom stereocenters. The summed E-state index contributed by atoms with van der Waals surface area (Å²) in [5.41, 5.74) is 2.75. The van der Waals surface area contributed by atoms with Crippen LogP contribution < -0.4 is 0 Å². The van der Waals surface area contributed by atoms with Crippen LogP contribution in [0.2, 0.25) is 0 Å².